The van der Waals surface area contributed by atoms with E-state index >= 15 is 0 Å². The third kappa shape index (κ3) is 6.65. The van der Waals surface area contributed by atoms with Gasteiger partial charge >= 0.3 is 0 Å². The van der Waals surface area contributed by atoms with Crippen molar-refractivity contribution in [3.8, 4) is 11.1 Å². The molecule has 4 rings (SSSR count). The quantitative estimate of drug-likeness (QED) is 0.401. The van der Waals surface area contributed by atoms with Gasteiger partial charge in [-0.2, -0.15) is 0 Å². The van der Waals surface area contributed by atoms with Crippen molar-refractivity contribution in [1.29, 1.82) is 0 Å². The van der Waals surface area contributed by atoms with Crippen LogP contribution in [0.1, 0.15) is 62.7 Å². The maximum absolute atomic E-state index is 13.6. The molecule has 2 amide bonds. The van der Waals surface area contributed by atoms with Crippen LogP contribution in [0.2, 0.25) is 0 Å². The molecule has 0 aromatic heterocycles. The fourth-order valence-corrected chi connectivity index (χ4v) is 5.24. The number of nitrogens with one attached hydrogen (secondary N) is 2. The number of carbonyl (C=O) groups is 3. The zero-order valence-corrected chi connectivity index (χ0v) is 21.7. The van der Waals surface area contributed by atoms with Crippen LogP contribution in [0.15, 0.2) is 54.6 Å². The number of benzene rings is 2. The summed E-state index contributed by atoms with van der Waals surface area (Å²) in [5.41, 5.74) is 1.20. The molecule has 1 heterocycles. The summed E-state index contributed by atoms with van der Waals surface area (Å²) in [4.78, 5) is 40.2. The van der Waals surface area contributed by atoms with Crippen LogP contribution in [0.3, 0.4) is 0 Å². The fraction of sp³-hybridized carbons (Fsp3) is 0.500. The summed E-state index contributed by atoms with van der Waals surface area (Å²) in [5, 5.41) is 15.6. The molecule has 1 aliphatic heterocycles. The van der Waals surface area contributed by atoms with E-state index in [1.54, 1.807) is 6.07 Å². The van der Waals surface area contributed by atoms with Crippen molar-refractivity contribution in [2.45, 2.75) is 70.1 Å². The summed E-state index contributed by atoms with van der Waals surface area (Å²) in [5.74, 6) is -0.831. The second-order valence-corrected chi connectivity index (χ2v) is 10.8. The first-order chi connectivity index (χ1) is 17.8. The van der Waals surface area contributed by atoms with Gasteiger partial charge in [0, 0.05) is 5.56 Å². The van der Waals surface area contributed by atoms with Crippen molar-refractivity contribution < 1.29 is 24.2 Å². The Morgan fingerprint density at radius 2 is 1.65 bits per heavy atom. The number of carbonyl (C=O) groups excluding carboxylic acids is 3. The molecule has 3 N–H and O–H groups in total. The van der Waals surface area contributed by atoms with E-state index in [0.717, 1.165) is 43.2 Å². The molecule has 3 atom stereocenters. The highest BCUT2D eigenvalue weighted by Gasteiger charge is 2.54. The summed E-state index contributed by atoms with van der Waals surface area (Å²) < 4.78 is 5.28. The number of aliphatic hydroxyl groups is 1. The highest BCUT2D eigenvalue weighted by molar-refractivity contribution is 6.01. The number of aliphatic hydroxyl groups excluding tert-OH is 1. The number of rotatable bonds is 11. The fourth-order valence-electron chi connectivity index (χ4n) is 5.24. The van der Waals surface area contributed by atoms with Crippen LogP contribution in [0, 0.1) is 11.8 Å². The first kappa shape index (κ1) is 27.0. The third-order valence-electron chi connectivity index (χ3n) is 7.46. The van der Waals surface area contributed by atoms with Gasteiger partial charge < -0.3 is 20.5 Å². The number of hydrogen-bond donors (Lipinski definition) is 3. The topological polar surface area (TPSA) is 108 Å². The normalized spacial score (nSPS) is 21.2. The van der Waals surface area contributed by atoms with E-state index in [9.17, 15) is 19.5 Å². The number of ether oxygens (including phenoxy) is 1. The van der Waals surface area contributed by atoms with Crippen molar-refractivity contribution in [1.82, 2.24) is 10.6 Å². The lowest BCUT2D eigenvalue weighted by molar-refractivity contribution is -0.133. The van der Waals surface area contributed by atoms with Gasteiger partial charge in [0.2, 0.25) is 5.91 Å². The Balaban J connectivity index is 1.53. The number of amides is 2. The molecule has 2 aliphatic rings. The molecule has 3 unspecified atom stereocenters. The summed E-state index contributed by atoms with van der Waals surface area (Å²) in [6.45, 7) is 3.71. The Morgan fingerprint density at radius 1 is 0.973 bits per heavy atom. The van der Waals surface area contributed by atoms with E-state index in [1.807, 2.05) is 62.4 Å². The Morgan fingerprint density at radius 3 is 2.27 bits per heavy atom. The molecule has 2 fully saturated rings. The minimum atomic E-state index is -1.21. The number of Topliss-reactive ketones (excluding diaryl/α,β-unsaturated/α-hetero) is 1. The molecular weight excluding hydrogens is 468 g/mol. The van der Waals surface area contributed by atoms with Crippen molar-refractivity contribution >= 4 is 17.6 Å². The molecule has 1 saturated heterocycles. The summed E-state index contributed by atoms with van der Waals surface area (Å²) >= 11 is 0. The smallest absolute Gasteiger partial charge is 0.251 e. The second-order valence-electron chi connectivity index (χ2n) is 10.8. The highest BCUT2D eigenvalue weighted by Crippen LogP contribution is 2.31. The summed E-state index contributed by atoms with van der Waals surface area (Å²) in [6, 6.07) is 15.7. The van der Waals surface area contributed by atoms with Crippen LogP contribution in [0.25, 0.3) is 11.1 Å². The van der Waals surface area contributed by atoms with Gasteiger partial charge in [0.05, 0.1) is 19.3 Å². The minimum Gasteiger partial charge on any atom is -0.393 e. The first-order valence-corrected chi connectivity index (χ1v) is 13.4. The zero-order valence-electron chi connectivity index (χ0n) is 21.7. The predicted molar refractivity (Wildman–Crippen MR) is 142 cm³/mol. The van der Waals surface area contributed by atoms with Crippen LogP contribution in [-0.4, -0.2) is 53.6 Å². The Hall–Kier alpha value is -3.03. The highest BCUT2D eigenvalue weighted by atomic mass is 16.6. The van der Waals surface area contributed by atoms with Crippen molar-refractivity contribution in [2.75, 3.05) is 13.2 Å². The van der Waals surface area contributed by atoms with Crippen LogP contribution < -0.4 is 10.6 Å². The Labute approximate surface area is 219 Å². The zero-order chi connectivity index (χ0) is 26.4. The molecule has 0 radical (unpaired) electrons. The third-order valence-corrected chi connectivity index (χ3v) is 7.46. The average molecular weight is 507 g/mol. The molecule has 198 valence electrons. The van der Waals surface area contributed by atoms with Crippen molar-refractivity contribution in [3.63, 3.8) is 0 Å². The van der Waals surface area contributed by atoms with Crippen LogP contribution in [-0.2, 0) is 14.3 Å². The van der Waals surface area contributed by atoms with E-state index in [0.29, 0.717) is 12.0 Å². The van der Waals surface area contributed by atoms with E-state index in [2.05, 4.69) is 10.6 Å². The maximum atomic E-state index is 13.6. The second kappa shape index (κ2) is 12.0. The molecule has 0 bridgehead atoms. The predicted octanol–water partition coefficient (Wildman–Crippen LogP) is 3.89. The van der Waals surface area contributed by atoms with Crippen molar-refractivity contribution in [3.05, 3.63) is 60.2 Å². The molecule has 2 aromatic rings. The number of epoxide rings is 1. The summed E-state index contributed by atoms with van der Waals surface area (Å²) in [6.07, 6.45) is 5.24. The first-order valence-electron chi connectivity index (χ1n) is 13.4. The van der Waals surface area contributed by atoms with Crippen molar-refractivity contribution in [2.24, 2.45) is 11.8 Å². The van der Waals surface area contributed by atoms with Crippen LogP contribution in [0.4, 0.5) is 0 Å². The number of hydrogen-bond acceptors (Lipinski definition) is 5. The van der Waals surface area contributed by atoms with Gasteiger partial charge in [-0.3, -0.25) is 14.4 Å². The van der Waals surface area contributed by atoms with E-state index in [1.165, 1.54) is 0 Å². The van der Waals surface area contributed by atoms with Gasteiger partial charge in [0.1, 0.15) is 6.04 Å². The van der Waals surface area contributed by atoms with Gasteiger partial charge in [-0.25, -0.2) is 0 Å². The van der Waals surface area contributed by atoms with E-state index < -0.39 is 24.3 Å². The molecule has 7 heteroatoms. The van der Waals surface area contributed by atoms with Crippen LogP contribution >= 0.6 is 0 Å². The maximum Gasteiger partial charge on any atom is 0.251 e. The van der Waals surface area contributed by atoms with Gasteiger partial charge in [0.15, 0.2) is 11.4 Å². The Kier molecular flexibility index (Phi) is 8.77. The standard InChI is InChI=1S/C30H38N2O5/c1-20(2)16-25(27(34)30(18-33)19-37-30)31-29(36)26(22-12-7-4-8-13-22)32-28(35)24-15-9-14-23(17-24)21-10-5-3-6-11-21/h3,5-6,9-11,14-15,17,20,22,25-26,33H,4,7-8,12-13,16,18-19H2,1-2H3,(H,31,36)(H,32,35). The molecule has 7 nitrogen and oxygen atoms in total. The number of ketones is 1. The molecule has 37 heavy (non-hydrogen) atoms. The lowest BCUT2D eigenvalue weighted by Crippen LogP contribution is -2.57. The van der Waals surface area contributed by atoms with E-state index in [4.69, 9.17) is 4.74 Å². The van der Waals surface area contributed by atoms with Crippen LogP contribution in [0.5, 0.6) is 0 Å². The summed E-state index contributed by atoms with van der Waals surface area (Å²) in [7, 11) is 0. The van der Waals surface area contributed by atoms with Gasteiger partial charge in [-0.15, -0.1) is 0 Å². The molecular formula is C30H38N2O5. The average Bonchev–Trinajstić information content (AvgIpc) is 3.73. The van der Waals surface area contributed by atoms with E-state index in [-0.39, 0.29) is 36.0 Å². The Bertz CT molecular complexity index is 1090. The lowest BCUT2D eigenvalue weighted by atomic mass is 9.83. The molecule has 0 spiro atoms. The van der Waals surface area contributed by atoms with Gasteiger partial charge in [-0.05, 0) is 54.4 Å². The van der Waals surface area contributed by atoms with Gasteiger partial charge in [0.25, 0.3) is 5.91 Å². The lowest BCUT2D eigenvalue weighted by Gasteiger charge is -2.32. The van der Waals surface area contributed by atoms with Gasteiger partial charge in [-0.1, -0.05) is 75.6 Å². The molecule has 2 aromatic carbocycles. The largest absolute Gasteiger partial charge is 0.393 e. The SMILES string of the molecule is CC(C)CC(NC(=O)C(NC(=O)c1cccc(-c2ccccc2)c1)C1CCCCC1)C(=O)C1(CO)CO1. The minimum absolute atomic E-state index is 0.00575. The monoisotopic (exact) mass is 506 g/mol. The molecule has 1 aliphatic carbocycles. The molecule has 1 saturated carbocycles.